The second-order valence-electron chi connectivity index (χ2n) is 4.42. The first-order valence-electron chi connectivity index (χ1n) is 6.62. The van der Waals surface area contributed by atoms with Gasteiger partial charge in [-0.25, -0.2) is 4.98 Å². The number of unbranched alkanes of at least 4 members (excludes halogenated alkanes) is 1. The molecule has 102 valence electrons. The molecule has 1 heterocycles. The smallest absolute Gasteiger partial charge is 0.181 e. The fourth-order valence-corrected chi connectivity index (χ4v) is 1.67. The Morgan fingerprint density at radius 1 is 1.21 bits per heavy atom. The van der Waals surface area contributed by atoms with Crippen molar-refractivity contribution in [2.45, 2.75) is 26.3 Å². The van der Waals surface area contributed by atoms with E-state index in [9.17, 15) is 0 Å². The summed E-state index contributed by atoms with van der Waals surface area (Å²) in [4.78, 5) is 4.29. The van der Waals surface area contributed by atoms with Crippen molar-refractivity contribution in [3.8, 4) is 11.4 Å². The number of nitrogen functional groups attached to an aromatic ring is 1. The van der Waals surface area contributed by atoms with Gasteiger partial charge in [-0.15, -0.1) is 0 Å². The van der Waals surface area contributed by atoms with E-state index in [0.717, 1.165) is 37.2 Å². The number of nitrogens with two attached hydrogens (primary N) is 1. The van der Waals surface area contributed by atoms with E-state index >= 15 is 0 Å². The standard InChI is InChI=1S/C14H20N4O/c1-2-3-9-19-10-8-18-11-16-14(17-18)12-4-6-13(15)7-5-12/h4-7,11H,2-3,8-10,15H2,1H3. The Hall–Kier alpha value is -1.88. The second kappa shape index (κ2) is 6.89. The third-order valence-electron chi connectivity index (χ3n) is 2.81. The Bertz CT molecular complexity index is 492. The maximum atomic E-state index is 5.65. The van der Waals surface area contributed by atoms with E-state index in [1.807, 2.05) is 24.3 Å². The van der Waals surface area contributed by atoms with Gasteiger partial charge in [-0.1, -0.05) is 13.3 Å². The summed E-state index contributed by atoms with van der Waals surface area (Å²) >= 11 is 0. The molecule has 0 bridgehead atoms. The van der Waals surface area contributed by atoms with Crippen LogP contribution in [0, 0.1) is 0 Å². The van der Waals surface area contributed by atoms with Crippen LogP contribution in [0.1, 0.15) is 19.8 Å². The lowest BCUT2D eigenvalue weighted by atomic mass is 10.2. The van der Waals surface area contributed by atoms with Gasteiger partial charge < -0.3 is 10.5 Å². The molecule has 0 saturated carbocycles. The van der Waals surface area contributed by atoms with Crippen molar-refractivity contribution in [2.24, 2.45) is 0 Å². The predicted octanol–water partition coefficient (Wildman–Crippen LogP) is 2.34. The Labute approximate surface area is 113 Å². The van der Waals surface area contributed by atoms with Gasteiger partial charge in [0.1, 0.15) is 6.33 Å². The average Bonchev–Trinajstić information content (AvgIpc) is 2.88. The van der Waals surface area contributed by atoms with Crippen LogP contribution in [0.3, 0.4) is 0 Å². The third kappa shape index (κ3) is 4.06. The quantitative estimate of drug-likeness (QED) is 0.613. The molecule has 2 aromatic rings. The van der Waals surface area contributed by atoms with Crippen molar-refractivity contribution in [3.05, 3.63) is 30.6 Å². The van der Waals surface area contributed by atoms with E-state index in [1.165, 1.54) is 0 Å². The topological polar surface area (TPSA) is 66.0 Å². The summed E-state index contributed by atoms with van der Waals surface area (Å²) in [5.74, 6) is 0.716. The molecule has 2 rings (SSSR count). The van der Waals surface area contributed by atoms with Gasteiger partial charge in [0.2, 0.25) is 0 Å². The fraction of sp³-hybridized carbons (Fsp3) is 0.429. The normalized spacial score (nSPS) is 10.8. The minimum atomic E-state index is 0.671. The maximum Gasteiger partial charge on any atom is 0.181 e. The highest BCUT2D eigenvalue weighted by Crippen LogP contribution is 2.15. The van der Waals surface area contributed by atoms with Crippen LogP contribution < -0.4 is 5.73 Å². The van der Waals surface area contributed by atoms with Gasteiger partial charge in [0.15, 0.2) is 5.82 Å². The first-order valence-corrected chi connectivity index (χ1v) is 6.62. The van der Waals surface area contributed by atoms with Crippen molar-refractivity contribution in [1.82, 2.24) is 14.8 Å². The van der Waals surface area contributed by atoms with Gasteiger partial charge in [-0.2, -0.15) is 5.10 Å². The van der Waals surface area contributed by atoms with Crippen LogP contribution in [0.15, 0.2) is 30.6 Å². The first-order chi connectivity index (χ1) is 9.29. The molecular weight excluding hydrogens is 240 g/mol. The lowest BCUT2D eigenvalue weighted by Gasteiger charge is -2.02. The molecule has 0 aliphatic carbocycles. The van der Waals surface area contributed by atoms with Crippen molar-refractivity contribution in [1.29, 1.82) is 0 Å². The first kappa shape index (κ1) is 13.5. The van der Waals surface area contributed by atoms with Gasteiger partial charge in [-0.3, -0.25) is 4.68 Å². The monoisotopic (exact) mass is 260 g/mol. The Balaban J connectivity index is 1.86. The fourth-order valence-electron chi connectivity index (χ4n) is 1.67. The Kier molecular flexibility index (Phi) is 4.92. The molecule has 5 nitrogen and oxygen atoms in total. The lowest BCUT2D eigenvalue weighted by molar-refractivity contribution is 0.121. The number of aromatic nitrogens is 3. The zero-order valence-electron chi connectivity index (χ0n) is 11.2. The van der Waals surface area contributed by atoms with Crippen LogP contribution in [0.2, 0.25) is 0 Å². The van der Waals surface area contributed by atoms with Crippen molar-refractivity contribution >= 4 is 5.69 Å². The summed E-state index contributed by atoms with van der Waals surface area (Å²) in [5, 5.41) is 4.41. The molecule has 0 spiro atoms. The highest BCUT2D eigenvalue weighted by atomic mass is 16.5. The van der Waals surface area contributed by atoms with Gasteiger partial charge in [-0.05, 0) is 30.7 Å². The van der Waals surface area contributed by atoms with E-state index < -0.39 is 0 Å². The molecule has 0 aliphatic heterocycles. The summed E-state index contributed by atoms with van der Waals surface area (Å²) in [7, 11) is 0. The second-order valence-corrected chi connectivity index (χ2v) is 4.42. The van der Waals surface area contributed by atoms with Crippen molar-refractivity contribution in [2.75, 3.05) is 18.9 Å². The van der Waals surface area contributed by atoms with E-state index in [-0.39, 0.29) is 0 Å². The minimum absolute atomic E-state index is 0.671. The summed E-state index contributed by atoms with van der Waals surface area (Å²) in [5.41, 5.74) is 7.37. The molecule has 0 fully saturated rings. The highest BCUT2D eigenvalue weighted by Gasteiger charge is 2.03. The summed E-state index contributed by atoms with van der Waals surface area (Å²) in [6.45, 7) is 4.37. The molecule has 0 unspecified atom stereocenters. The van der Waals surface area contributed by atoms with Gasteiger partial charge in [0, 0.05) is 17.9 Å². The third-order valence-corrected chi connectivity index (χ3v) is 2.81. The molecule has 0 amide bonds. The Morgan fingerprint density at radius 3 is 2.74 bits per heavy atom. The maximum absolute atomic E-state index is 5.65. The minimum Gasteiger partial charge on any atom is -0.399 e. The number of rotatable bonds is 7. The van der Waals surface area contributed by atoms with E-state index in [0.29, 0.717) is 12.4 Å². The molecule has 1 aromatic carbocycles. The Morgan fingerprint density at radius 2 is 2.00 bits per heavy atom. The molecule has 0 saturated heterocycles. The SMILES string of the molecule is CCCCOCCn1cnc(-c2ccc(N)cc2)n1. The largest absolute Gasteiger partial charge is 0.399 e. The number of anilines is 1. The number of benzene rings is 1. The van der Waals surface area contributed by atoms with Gasteiger partial charge in [0.05, 0.1) is 13.2 Å². The van der Waals surface area contributed by atoms with Gasteiger partial charge in [0.25, 0.3) is 0 Å². The van der Waals surface area contributed by atoms with Crippen LogP contribution in [-0.2, 0) is 11.3 Å². The molecule has 2 N–H and O–H groups in total. The zero-order chi connectivity index (χ0) is 13.5. The molecule has 0 atom stereocenters. The van der Waals surface area contributed by atoms with Gasteiger partial charge >= 0.3 is 0 Å². The number of nitrogens with zero attached hydrogens (tertiary/aromatic N) is 3. The summed E-state index contributed by atoms with van der Waals surface area (Å²) < 4.78 is 7.31. The highest BCUT2D eigenvalue weighted by molar-refractivity contribution is 5.57. The number of hydrogen-bond acceptors (Lipinski definition) is 4. The van der Waals surface area contributed by atoms with Crippen LogP contribution in [0.5, 0.6) is 0 Å². The molecular formula is C14H20N4O. The number of ether oxygens (including phenoxy) is 1. The zero-order valence-corrected chi connectivity index (χ0v) is 11.2. The molecule has 5 heteroatoms. The van der Waals surface area contributed by atoms with Crippen LogP contribution in [0.4, 0.5) is 5.69 Å². The van der Waals surface area contributed by atoms with E-state index in [1.54, 1.807) is 11.0 Å². The van der Waals surface area contributed by atoms with E-state index in [2.05, 4.69) is 17.0 Å². The van der Waals surface area contributed by atoms with E-state index in [4.69, 9.17) is 10.5 Å². The van der Waals surface area contributed by atoms with Crippen molar-refractivity contribution in [3.63, 3.8) is 0 Å². The molecule has 1 aromatic heterocycles. The number of hydrogen-bond donors (Lipinski definition) is 1. The van der Waals surface area contributed by atoms with Crippen LogP contribution >= 0.6 is 0 Å². The lowest BCUT2D eigenvalue weighted by Crippen LogP contribution is -2.07. The van der Waals surface area contributed by atoms with Crippen LogP contribution in [0.25, 0.3) is 11.4 Å². The summed E-state index contributed by atoms with van der Waals surface area (Å²) in [6.07, 6.45) is 3.99. The summed E-state index contributed by atoms with van der Waals surface area (Å²) in [6, 6.07) is 7.55. The predicted molar refractivity (Wildman–Crippen MR) is 75.6 cm³/mol. The average molecular weight is 260 g/mol. The van der Waals surface area contributed by atoms with Crippen molar-refractivity contribution < 1.29 is 4.74 Å². The molecule has 0 radical (unpaired) electrons. The molecule has 0 aliphatic rings. The van der Waals surface area contributed by atoms with Crippen LogP contribution in [-0.4, -0.2) is 28.0 Å². The molecule has 19 heavy (non-hydrogen) atoms.